The van der Waals surface area contributed by atoms with Crippen LogP contribution in [-0.2, 0) is 12.0 Å². The van der Waals surface area contributed by atoms with E-state index in [2.05, 4.69) is 0 Å². The summed E-state index contributed by atoms with van der Waals surface area (Å²) in [5, 5.41) is 19.0. The molecule has 0 atom stereocenters. The summed E-state index contributed by atoms with van der Waals surface area (Å²) in [6.07, 6.45) is 0. The van der Waals surface area contributed by atoms with Crippen molar-refractivity contribution >= 4 is 12.6 Å². The largest absolute Gasteiger partial charge is 0.489 e. The van der Waals surface area contributed by atoms with E-state index in [-0.39, 0.29) is 5.41 Å². The van der Waals surface area contributed by atoms with Gasteiger partial charge < -0.3 is 14.8 Å². The molecular formula is C17H21BO3. The van der Waals surface area contributed by atoms with Crippen LogP contribution in [0.3, 0.4) is 0 Å². The van der Waals surface area contributed by atoms with Gasteiger partial charge >= 0.3 is 7.12 Å². The van der Waals surface area contributed by atoms with E-state index in [0.29, 0.717) is 12.1 Å². The van der Waals surface area contributed by atoms with Crippen molar-refractivity contribution in [3.63, 3.8) is 0 Å². The fourth-order valence-electron chi connectivity index (χ4n) is 2.24. The first kappa shape index (κ1) is 15.6. The van der Waals surface area contributed by atoms with Crippen LogP contribution >= 0.6 is 0 Å². The lowest BCUT2D eigenvalue weighted by Crippen LogP contribution is -2.37. The van der Waals surface area contributed by atoms with Crippen LogP contribution in [0.5, 0.6) is 5.75 Å². The molecule has 0 heterocycles. The summed E-state index contributed by atoms with van der Waals surface area (Å²) >= 11 is 0. The summed E-state index contributed by atoms with van der Waals surface area (Å²) in [4.78, 5) is 0. The van der Waals surface area contributed by atoms with Gasteiger partial charge in [-0.1, -0.05) is 57.2 Å². The van der Waals surface area contributed by atoms with Crippen molar-refractivity contribution in [3.05, 3.63) is 59.7 Å². The molecule has 4 heteroatoms. The second-order valence-corrected chi connectivity index (χ2v) is 6.15. The molecule has 3 nitrogen and oxygen atoms in total. The van der Waals surface area contributed by atoms with Crippen LogP contribution < -0.4 is 10.2 Å². The number of hydrogen-bond acceptors (Lipinski definition) is 3. The van der Waals surface area contributed by atoms with Crippen molar-refractivity contribution in [1.29, 1.82) is 0 Å². The molecule has 110 valence electrons. The molecule has 0 saturated heterocycles. The molecule has 0 aromatic heterocycles. The lowest BCUT2D eigenvalue weighted by Gasteiger charge is -2.23. The fraction of sp³-hybridized carbons (Fsp3) is 0.294. The fourth-order valence-corrected chi connectivity index (χ4v) is 2.24. The van der Waals surface area contributed by atoms with Crippen LogP contribution in [-0.4, -0.2) is 17.2 Å². The molecule has 0 bridgehead atoms. The van der Waals surface area contributed by atoms with Gasteiger partial charge in [0.15, 0.2) is 0 Å². The predicted octanol–water partition coefficient (Wildman–Crippen LogP) is 2.24. The van der Waals surface area contributed by atoms with Gasteiger partial charge in [0.1, 0.15) is 12.4 Å². The molecule has 0 radical (unpaired) electrons. The highest BCUT2D eigenvalue weighted by molar-refractivity contribution is 6.59. The van der Waals surface area contributed by atoms with Crippen molar-refractivity contribution in [3.8, 4) is 5.75 Å². The van der Waals surface area contributed by atoms with E-state index in [1.807, 2.05) is 57.2 Å². The summed E-state index contributed by atoms with van der Waals surface area (Å²) in [7, 11) is -1.47. The maximum absolute atomic E-state index is 9.48. The smallest absolute Gasteiger partial charge is 0.488 e. The van der Waals surface area contributed by atoms with Crippen LogP contribution in [0.25, 0.3) is 0 Å². The zero-order valence-electron chi connectivity index (χ0n) is 12.7. The van der Waals surface area contributed by atoms with E-state index in [9.17, 15) is 10.0 Å². The van der Waals surface area contributed by atoms with E-state index in [0.717, 1.165) is 16.9 Å². The Balaban J connectivity index is 2.22. The van der Waals surface area contributed by atoms with E-state index < -0.39 is 7.12 Å². The topological polar surface area (TPSA) is 49.7 Å². The van der Waals surface area contributed by atoms with Gasteiger partial charge in [-0.15, -0.1) is 0 Å². The van der Waals surface area contributed by atoms with Gasteiger partial charge in [0.2, 0.25) is 0 Å². The van der Waals surface area contributed by atoms with Gasteiger partial charge in [-0.25, -0.2) is 0 Å². The molecule has 21 heavy (non-hydrogen) atoms. The Bertz CT molecular complexity index is 589. The van der Waals surface area contributed by atoms with Crippen LogP contribution in [0.2, 0.25) is 0 Å². The Morgan fingerprint density at radius 3 is 2.24 bits per heavy atom. The number of rotatable bonds is 4. The third kappa shape index (κ3) is 4.10. The Morgan fingerprint density at radius 1 is 1.00 bits per heavy atom. The standard InChI is InChI=1S/C17H21BO3/c1-17(2,3)15-11-14(9-10-16(15)18(19)20)21-12-13-7-5-4-6-8-13/h4-11,19-20H,12H2,1-3H3. The van der Waals surface area contributed by atoms with Crippen molar-refractivity contribution < 1.29 is 14.8 Å². The molecular weight excluding hydrogens is 263 g/mol. The number of ether oxygens (including phenoxy) is 1. The quantitative estimate of drug-likeness (QED) is 0.847. The van der Waals surface area contributed by atoms with Crippen LogP contribution in [0.1, 0.15) is 31.9 Å². The lowest BCUT2D eigenvalue weighted by molar-refractivity contribution is 0.305. The maximum atomic E-state index is 9.48. The van der Waals surface area contributed by atoms with Crippen molar-refractivity contribution in [2.75, 3.05) is 0 Å². The first-order valence-corrected chi connectivity index (χ1v) is 7.05. The molecule has 2 N–H and O–H groups in total. The Labute approximate surface area is 126 Å². The minimum absolute atomic E-state index is 0.189. The zero-order chi connectivity index (χ0) is 15.5. The molecule has 2 aromatic carbocycles. The highest BCUT2D eigenvalue weighted by Gasteiger charge is 2.24. The zero-order valence-corrected chi connectivity index (χ0v) is 12.7. The van der Waals surface area contributed by atoms with Crippen molar-refractivity contribution in [2.45, 2.75) is 32.8 Å². The first-order valence-electron chi connectivity index (χ1n) is 7.05. The predicted molar refractivity (Wildman–Crippen MR) is 85.7 cm³/mol. The highest BCUT2D eigenvalue weighted by atomic mass is 16.5. The number of benzene rings is 2. The third-order valence-corrected chi connectivity index (χ3v) is 3.36. The second-order valence-electron chi connectivity index (χ2n) is 6.15. The van der Waals surface area contributed by atoms with Gasteiger partial charge in [-0.2, -0.15) is 0 Å². The van der Waals surface area contributed by atoms with Crippen LogP contribution in [0.15, 0.2) is 48.5 Å². The first-order chi connectivity index (χ1) is 9.88. The lowest BCUT2D eigenvalue weighted by atomic mass is 9.70. The molecule has 0 aliphatic heterocycles. The van der Waals surface area contributed by atoms with Gasteiger partial charge in [0.25, 0.3) is 0 Å². The van der Waals surface area contributed by atoms with Crippen molar-refractivity contribution in [2.24, 2.45) is 0 Å². The summed E-state index contributed by atoms with van der Waals surface area (Å²) in [5.41, 5.74) is 2.31. The normalized spacial score (nSPS) is 11.3. The molecule has 0 aliphatic carbocycles. The number of hydrogen-bond donors (Lipinski definition) is 2. The SMILES string of the molecule is CC(C)(C)c1cc(OCc2ccccc2)ccc1B(O)O. The molecule has 2 aromatic rings. The van der Waals surface area contributed by atoms with Crippen molar-refractivity contribution in [1.82, 2.24) is 0 Å². The van der Waals surface area contributed by atoms with Gasteiger partial charge in [0.05, 0.1) is 0 Å². The molecule has 0 spiro atoms. The van der Waals surface area contributed by atoms with E-state index in [1.165, 1.54) is 0 Å². The Hall–Kier alpha value is -1.78. The molecule has 0 amide bonds. The average Bonchev–Trinajstić information content (AvgIpc) is 2.45. The molecule has 2 rings (SSSR count). The monoisotopic (exact) mass is 284 g/mol. The Morgan fingerprint density at radius 2 is 1.67 bits per heavy atom. The van der Waals surface area contributed by atoms with Gasteiger partial charge in [0, 0.05) is 0 Å². The molecule has 0 saturated carbocycles. The third-order valence-electron chi connectivity index (χ3n) is 3.36. The van der Waals surface area contributed by atoms with E-state index >= 15 is 0 Å². The highest BCUT2D eigenvalue weighted by Crippen LogP contribution is 2.25. The summed E-state index contributed by atoms with van der Waals surface area (Å²) in [6, 6.07) is 15.3. The molecule has 0 aliphatic rings. The summed E-state index contributed by atoms with van der Waals surface area (Å²) in [5.74, 6) is 0.730. The minimum Gasteiger partial charge on any atom is -0.489 e. The van der Waals surface area contributed by atoms with Gasteiger partial charge in [-0.05, 0) is 34.1 Å². The maximum Gasteiger partial charge on any atom is 0.488 e. The van der Waals surface area contributed by atoms with Crippen LogP contribution in [0.4, 0.5) is 0 Å². The molecule has 0 unspecified atom stereocenters. The van der Waals surface area contributed by atoms with Gasteiger partial charge in [-0.3, -0.25) is 0 Å². The van der Waals surface area contributed by atoms with Crippen LogP contribution in [0, 0.1) is 0 Å². The summed E-state index contributed by atoms with van der Waals surface area (Å²) < 4.78 is 5.80. The Kier molecular flexibility index (Phi) is 4.71. The summed E-state index contributed by atoms with van der Waals surface area (Å²) in [6.45, 7) is 6.60. The van der Waals surface area contributed by atoms with E-state index in [4.69, 9.17) is 4.74 Å². The minimum atomic E-state index is -1.47. The second kappa shape index (κ2) is 6.33. The molecule has 0 fully saturated rings. The average molecular weight is 284 g/mol. The van der Waals surface area contributed by atoms with E-state index in [1.54, 1.807) is 12.1 Å².